The van der Waals surface area contributed by atoms with E-state index in [1.165, 1.54) is 0 Å². The van der Waals surface area contributed by atoms with Gasteiger partial charge in [-0.15, -0.1) is 0 Å². The molecule has 0 aliphatic rings. The highest BCUT2D eigenvalue weighted by Crippen LogP contribution is 2.43. The molecule has 9 heavy (non-hydrogen) atoms. The smallest absolute Gasteiger partial charge is 0.111 e. The molecule has 0 spiro atoms. The van der Waals surface area contributed by atoms with Gasteiger partial charge in [-0.2, -0.15) is 0 Å². The third-order valence-electron chi connectivity index (χ3n) is 1.52. The maximum Gasteiger partial charge on any atom is 0.111 e. The van der Waals surface area contributed by atoms with Crippen molar-refractivity contribution in [1.82, 2.24) is 0 Å². The lowest BCUT2D eigenvalue weighted by molar-refractivity contribution is 0.249. The topological polar surface area (TPSA) is 26.3 Å². The van der Waals surface area contributed by atoms with Gasteiger partial charge in [-0.05, 0) is 0 Å². The lowest BCUT2D eigenvalue weighted by Gasteiger charge is -2.11. The minimum absolute atomic E-state index is 0.444. The molecule has 0 N–H and O–H groups in total. The molecule has 0 fully saturated rings. The lowest BCUT2D eigenvalue weighted by atomic mass is 11.0. The van der Waals surface area contributed by atoms with Crippen molar-refractivity contribution < 1.29 is 9.30 Å². The van der Waals surface area contributed by atoms with Gasteiger partial charge in [-0.1, -0.05) is 13.8 Å². The van der Waals surface area contributed by atoms with Crippen molar-refractivity contribution >= 4 is 7.14 Å². The number of ether oxygens (including phenoxy) is 1. The molecular formula is C6H15O2P. The molecule has 0 atom stereocenters. The summed E-state index contributed by atoms with van der Waals surface area (Å²) in [4.78, 5) is 0. The summed E-state index contributed by atoms with van der Waals surface area (Å²) in [5, 5.41) is 0. The van der Waals surface area contributed by atoms with E-state index in [1.54, 1.807) is 7.11 Å². The zero-order valence-corrected chi connectivity index (χ0v) is 7.28. The average molecular weight is 150 g/mol. The largest absolute Gasteiger partial charge is 0.377 e. The predicted molar refractivity (Wildman–Crippen MR) is 40.6 cm³/mol. The predicted octanol–water partition coefficient (Wildman–Crippen LogP) is 1.99. The van der Waals surface area contributed by atoms with E-state index >= 15 is 0 Å². The zero-order chi connectivity index (χ0) is 7.33. The van der Waals surface area contributed by atoms with Crippen LogP contribution in [0.25, 0.3) is 0 Å². The first-order valence-electron chi connectivity index (χ1n) is 3.24. The van der Waals surface area contributed by atoms with Crippen molar-refractivity contribution in [2.24, 2.45) is 0 Å². The van der Waals surface area contributed by atoms with Crippen LogP contribution >= 0.6 is 7.14 Å². The summed E-state index contributed by atoms with van der Waals surface area (Å²) >= 11 is 0. The second-order valence-corrected chi connectivity index (χ2v) is 5.75. The summed E-state index contributed by atoms with van der Waals surface area (Å²) in [5.74, 6) is 0. The van der Waals surface area contributed by atoms with E-state index in [-0.39, 0.29) is 0 Å². The molecule has 0 aliphatic heterocycles. The third kappa shape index (κ3) is 3.02. The van der Waals surface area contributed by atoms with E-state index in [0.29, 0.717) is 6.35 Å². The molecule has 0 saturated heterocycles. The van der Waals surface area contributed by atoms with E-state index in [4.69, 9.17) is 4.74 Å². The van der Waals surface area contributed by atoms with Crippen LogP contribution in [0.5, 0.6) is 0 Å². The average Bonchev–Trinajstić information content (AvgIpc) is 1.89. The summed E-state index contributed by atoms with van der Waals surface area (Å²) in [6.07, 6.45) is 1.97. The third-order valence-corrected chi connectivity index (χ3v) is 4.55. The van der Waals surface area contributed by atoms with Crippen LogP contribution in [0.15, 0.2) is 0 Å². The molecule has 0 aromatic rings. The molecule has 0 heterocycles. The Balaban J connectivity index is 3.78. The summed E-state index contributed by atoms with van der Waals surface area (Å²) in [6, 6.07) is 0. The van der Waals surface area contributed by atoms with E-state index < -0.39 is 7.14 Å². The van der Waals surface area contributed by atoms with E-state index in [0.717, 1.165) is 12.3 Å². The summed E-state index contributed by atoms with van der Waals surface area (Å²) in [5.41, 5.74) is 0. The van der Waals surface area contributed by atoms with Gasteiger partial charge in [0.05, 0.1) is 6.35 Å². The van der Waals surface area contributed by atoms with Crippen LogP contribution in [0.3, 0.4) is 0 Å². The molecule has 0 amide bonds. The van der Waals surface area contributed by atoms with Crippen molar-refractivity contribution in [2.45, 2.75) is 13.8 Å². The molecule has 56 valence electrons. The van der Waals surface area contributed by atoms with Crippen LogP contribution in [0.1, 0.15) is 13.8 Å². The minimum atomic E-state index is -1.90. The van der Waals surface area contributed by atoms with Crippen molar-refractivity contribution in [2.75, 3.05) is 25.8 Å². The summed E-state index contributed by atoms with van der Waals surface area (Å²) < 4.78 is 16.3. The van der Waals surface area contributed by atoms with Crippen LogP contribution in [-0.2, 0) is 9.30 Å². The van der Waals surface area contributed by atoms with Gasteiger partial charge in [0.15, 0.2) is 0 Å². The van der Waals surface area contributed by atoms with Crippen LogP contribution in [0, 0.1) is 0 Å². The van der Waals surface area contributed by atoms with Crippen LogP contribution in [0.2, 0.25) is 0 Å². The van der Waals surface area contributed by atoms with Gasteiger partial charge in [0, 0.05) is 19.4 Å². The SMILES string of the molecule is CCP(=O)(CC)COC. The zero-order valence-electron chi connectivity index (χ0n) is 6.39. The van der Waals surface area contributed by atoms with Crippen LogP contribution in [-0.4, -0.2) is 25.8 Å². The Morgan fingerprint density at radius 3 is 1.89 bits per heavy atom. The summed E-state index contributed by atoms with van der Waals surface area (Å²) in [7, 11) is -0.308. The molecule has 0 saturated carbocycles. The first kappa shape index (κ1) is 9.19. The van der Waals surface area contributed by atoms with Gasteiger partial charge in [0.25, 0.3) is 0 Å². The molecule has 0 aliphatic carbocycles. The number of rotatable bonds is 4. The Morgan fingerprint density at radius 1 is 1.33 bits per heavy atom. The normalized spacial score (nSPS) is 11.9. The van der Waals surface area contributed by atoms with E-state index in [2.05, 4.69) is 0 Å². The maximum atomic E-state index is 11.4. The van der Waals surface area contributed by atoms with Gasteiger partial charge < -0.3 is 9.30 Å². The van der Waals surface area contributed by atoms with Gasteiger partial charge >= 0.3 is 0 Å². The Morgan fingerprint density at radius 2 is 1.78 bits per heavy atom. The maximum absolute atomic E-state index is 11.4. The summed E-state index contributed by atoms with van der Waals surface area (Å²) in [6.45, 7) is 3.90. The van der Waals surface area contributed by atoms with E-state index in [1.807, 2.05) is 13.8 Å². The Labute approximate surface area is 57.0 Å². The van der Waals surface area contributed by atoms with E-state index in [9.17, 15) is 4.57 Å². The van der Waals surface area contributed by atoms with Gasteiger partial charge in [-0.25, -0.2) is 0 Å². The number of hydrogen-bond donors (Lipinski definition) is 0. The Hall–Kier alpha value is 0.190. The quantitative estimate of drug-likeness (QED) is 0.573. The molecule has 0 aromatic carbocycles. The van der Waals surface area contributed by atoms with Gasteiger partial charge in [-0.3, -0.25) is 0 Å². The van der Waals surface area contributed by atoms with Gasteiger partial charge in [0.1, 0.15) is 7.14 Å². The van der Waals surface area contributed by atoms with Crippen LogP contribution in [0.4, 0.5) is 0 Å². The highest BCUT2D eigenvalue weighted by atomic mass is 31.2. The molecule has 0 unspecified atom stereocenters. The second kappa shape index (κ2) is 4.08. The standard InChI is InChI=1S/C6H15O2P/c1-4-9(7,5-2)6-8-3/h4-6H2,1-3H3. The lowest BCUT2D eigenvalue weighted by Crippen LogP contribution is -1.96. The highest BCUT2D eigenvalue weighted by Gasteiger charge is 2.15. The Kier molecular flexibility index (Phi) is 4.16. The van der Waals surface area contributed by atoms with Crippen LogP contribution < -0.4 is 0 Å². The van der Waals surface area contributed by atoms with Crippen molar-refractivity contribution in [3.63, 3.8) is 0 Å². The monoisotopic (exact) mass is 150 g/mol. The molecule has 0 bridgehead atoms. The number of hydrogen-bond acceptors (Lipinski definition) is 2. The molecule has 3 heteroatoms. The fourth-order valence-electron chi connectivity index (χ4n) is 0.641. The van der Waals surface area contributed by atoms with Gasteiger partial charge in [0.2, 0.25) is 0 Å². The van der Waals surface area contributed by atoms with Crippen molar-refractivity contribution in [3.8, 4) is 0 Å². The Bertz CT molecular complexity index is 104. The fraction of sp³-hybridized carbons (Fsp3) is 1.00. The molecule has 0 rings (SSSR count). The first-order valence-corrected chi connectivity index (χ1v) is 5.50. The highest BCUT2D eigenvalue weighted by molar-refractivity contribution is 7.63. The van der Waals surface area contributed by atoms with Crippen molar-refractivity contribution in [1.29, 1.82) is 0 Å². The minimum Gasteiger partial charge on any atom is -0.377 e. The molecule has 0 aromatic heterocycles. The molecule has 2 nitrogen and oxygen atoms in total. The molecular weight excluding hydrogens is 135 g/mol. The number of methoxy groups -OCH3 is 1. The van der Waals surface area contributed by atoms with Crippen molar-refractivity contribution in [3.05, 3.63) is 0 Å². The fourth-order valence-corrected chi connectivity index (χ4v) is 1.92. The first-order chi connectivity index (χ1) is 4.18. The second-order valence-electron chi connectivity index (χ2n) is 2.11. The molecule has 0 radical (unpaired) electrons.